The van der Waals surface area contributed by atoms with Crippen molar-refractivity contribution in [3.8, 4) is 5.75 Å². The lowest BCUT2D eigenvalue weighted by Crippen LogP contribution is -2.61. The van der Waals surface area contributed by atoms with E-state index >= 15 is 0 Å². The fraction of sp³-hybridized carbons (Fsp3) is 0.636. The van der Waals surface area contributed by atoms with Crippen molar-refractivity contribution in [2.75, 3.05) is 7.11 Å². The number of methoxy groups -OCH3 is 1. The van der Waals surface area contributed by atoms with Crippen LogP contribution in [0.1, 0.15) is 61.4 Å². The van der Waals surface area contributed by atoms with Gasteiger partial charge in [-0.05, 0) is 87.8 Å². The Morgan fingerprint density at radius 2 is 1.70 bits per heavy atom. The first kappa shape index (κ1) is 18.3. The van der Waals surface area contributed by atoms with Crippen molar-refractivity contribution in [3.05, 3.63) is 29.3 Å². The van der Waals surface area contributed by atoms with Gasteiger partial charge in [-0.2, -0.15) is 0 Å². The molecule has 0 aromatic heterocycles. The Bertz CT molecular complexity index is 721. The smallest absolute Gasteiger partial charge is 0.339 e. The quantitative estimate of drug-likeness (QED) is 0.803. The van der Waals surface area contributed by atoms with Crippen molar-refractivity contribution in [1.29, 1.82) is 0 Å². The second-order valence-electron chi connectivity index (χ2n) is 8.92. The van der Waals surface area contributed by atoms with E-state index in [0.29, 0.717) is 11.3 Å². The van der Waals surface area contributed by atoms with Gasteiger partial charge in [-0.3, -0.25) is 4.79 Å². The maximum absolute atomic E-state index is 12.8. The van der Waals surface area contributed by atoms with Crippen LogP contribution in [0, 0.1) is 24.7 Å². The van der Waals surface area contributed by atoms with Crippen LogP contribution in [0.5, 0.6) is 5.75 Å². The van der Waals surface area contributed by atoms with E-state index in [-0.39, 0.29) is 11.4 Å². The molecule has 1 amide bonds. The van der Waals surface area contributed by atoms with E-state index < -0.39 is 12.1 Å². The third-order valence-electron chi connectivity index (χ3n) is 6.72. The molecule has 1 aromatic rings. The predicted octanol–water partition coefficient (Wildman–Crippen LogP) is 3.63. The molecular weight excluding hydrogens is 342 g/mol. The number of hydrogen-bond donors (Lipinski definition) is 1. The summed E-state index contributed by atoms with van der Waals surface area (Å²) >= 11 is 0. The van der Waals surface area contributed by atoms with Crippen molar-refractivity contribution in [1.82, 2.24) is 5.32 Å². The number of nitrogens with one attached hydrogen (secondary N) is 1. The van der Waals surface area contributed by atoms with Gasteiger partial charge < -0.3 is 14.8 Å². The summed E-state index contributed by atoms with van der Waals surface area (Å²) in [5, 5.41) is 3.27. The van der Waals surface area contributed by atoms with Gasteiger partial charge in [0, 0.05) is 5.54 Å². The molecule has 5 heteroatoms. The zero-order valence-electron chi connectivity index (χ0n) is 16.4. The van der Waals surface area contributed by atoms with E-state index in [9.17, 15) is 9.59 Å². The van der Waals surface area contributed by atoms with E-state index in [4.69, 9.17) is 9.47 Å². The van der Waals surface area contributed by atoms with Crippen molar-refractivity contribution in [2.45, 2.75) is 64.0 Å². The molecule has 0 saturated heterocycles. The zero-order chi connectivity index (χ0) is 19.2. The van der Waals surface area contributed by atoms with E-state index in [1.807, 2.05) is 13.0 Å². The average Bonchev–Trinajstić information content (AvgIpc) is 2.60. The maximum atomic E-state index is 12.8. The lowest BCUT2D eigenvalue weighted by molar-refractivity contribution is -0.134. The molecule has 1 N–H and O–H groups in total. The summed E-state index contributed by atoms with van der Waals surface area (Å²) in [5.74, 6) is 2.24. The molecule has 4 bridgehead atoms. The largest absolute Gasteiger partial charge is 0.496 e. The molecule has 5 rings (SSSR count). The number of ether oxygens (including phenoxy) is 2. The van der Waals surface area contributed by atoms with Crippen LogP contribution in [0.15, 0.2) is 18.2 Å². The van der Waals surface area contributed by atoms with Gasteiger partial charge in [0.05, 0.1) is 12.7 Å². The molecule has 0 heterocycles. The highest BCUT2D eigenvalue weighted by Gasteiger charge is 2.51. The Morgan fingerprint density at radius 1 is 1.11 bits per heavy atom. The molecule has 1 atom stereocenters. The molecule has 4 saturated carbocycles. The monoisotopic (exact) mass is 371 g/mol. The second-order valence-corrected chi connectivity index (χ2v) is 8.92. The number of hydrogen-bond acceptors (Lipinski definition) is 4. The lowest BCUT2D eigenvalue weighted by Gasteiger charge is -2.57. The third kappa shape index (κ3) is 3.56. The van der Waals surface area contributed by atoms with Crippen LogP contribution in [0.4, 0.5) is 0 Å². The molecule has 0 aliphatic heterocycles. The SMILES string of the molecule is COc1cc(C(=O)O[C@H](C)C(=O)NC23CC4CC(CC(C4)C2)C3)ccc1C. The third-order valence-corrected chi connectivity index (χ3v) is 6.72. The van der Waals surface area contributed by atoms with Gasteiger partial charge in [0.15, 0.2) is 6.10 Å². The fourth-order valence-corrected chi connectivity index (χ4v) is 5.86. The van der Waals surface area contributed by atoms with Gasteiger partial charge in [0.1, 0.15) is 5.75 Å². The van der Waals surface area contributed by atoms with Crippen LogP contribution in [0.25, 0.3) is 0 Å². The van der Waals surface area contributed by atoms with Crippen molar-refractivity contribution >= 4 is 11.9 Å². The number of carbonyl (C=O) groups excluding carboxylic acids is 2. The number of amides is 1. The summed E-state index contributed by atoms with van der Waals surface area (Å²) in [6, 6.07) is 5.17. The minimum atomic E-state index is -0.808. The Labute approximate surface area is 160 Å². The van der Waals surface area contributed by atoms with E-state index in [0.717, 1.165) is 42.6 Å². The molecule has 0 unspecified atom stereocenters. The van der Waals surface area contributed by atoms with E-state index in [1.54, 1.807) is 26.2 Å². The summed E-state index contributed by atoms with van der Waals surface area (Å²) in [6.07, 6.45) is 6.43. The molecule has 5 nitrogen and oxygen atoms in total. The van der Waals surface area contributed by atoms with Crippen LogP contribution in [0.2, 0.25) is 0 Å². The minimum absolute atomic E-state index is 0.0699. The summed E-state index contributed by atoms with van der Waals surface area (Å²) in [4.78, 5) is 25.2. The molecule has 27 heavy (non-hydrogen) atoms. The molecule has 4 aliphatic rings. The van der Waals surface area contributed by atoms with Crippen molar-refractivity contribution in [3.63, 3.8) is 0 Å². The number of benzene rings is 1. The van der Waals surface area contributed by atoms with Gasteiger partial charge >= 0.3 is 5.97 Å². The molecule has 146 valence electrons. The summed E-state index contributed by atoms with van der Waals surface area (Å²) in [7, 11) is 1.57. The zero-order valence-corrected chi connectivity index (χ0v) is 16.4. The highest BCUT2D eigenvalue weighted by Crippen LogP contribution is 2.55. The standard InChI is InChI=1S/C22H29NO4/c1-13-4-5-18(9-19(13)26-3)21(25)27-14(2)20(24)23-22-10-15-6-16(11-22)8-17(7-15)12-22/h4-5,9,14-17H,6-8,10-12H2,1-3H3,(H,23,24)/t14-,15?,16?,17?,22?/m1/s1. The Kier molecular flexibility index (Phi) is 4.65. The molecular formula is C22H29NO4. The average molecular weight is 371 g/mol. The van der Waals surface area contributed by atoms with E-state index in [1.165, 1.54) is 19.3 Å². The molecule has 1 aromatic carbocycles. The number of aryl methyl sites for hydroxylation is 1. The topological polar surface area (TPSA) is 64.6 Å². The van der Waals surface area contributed by atoms with Crippen LogP contribution < -0.4 is 10.1 Å². The van der Waals surface area contributed by atoms with Gasteiger partial charge in [-0.25, -0.2) is 4.79 Å². The number of rotatable bonds is 5. The van der Waals surface area contributed by atoms with E-state index in [2.05, 4.69) is 5.32 Å². The highest BCUT2D eigenvalue weighted by molar-refractivity contribution is 5.92. The van der Waals surface area contributed by atoms with Crippen LogP contribution in [-0.2, 0) is 9.53 Å². The predicted molar refractivity (Wildman–Crippen MR) is 102 cm³/mol. The van der Waals surface area contributed by atoms with Crippen LogP contribution >= 0.6 is 0 Å². The minimum Gasteiger partial charge on any atom is -0.496 e. The molecule has 0 spiro atoms. The van der Waals surface area contributed by atoms with Crippen molar-refractivity contribution < 1.29 is 19.1 Å². The first-order chi connectivity index (χ1) is 12.9. The Balaban J connectivity index is 1.39. The molecule has 4 aliphatic carbocycles. The highest BCUT2D eigenvalue weighted by atomic mass is 16.5. The van der Waals surface area contributed by atoms with Crippen LogP contribution in [-0.4, -0.2) is 30.6 Å². The summed E-state index contributed by atoms with van der Waals surface area (Å²) in [5.41, 5.74) is 1.27. The van der Waals surface area contributed by atoms with Gasteiger partial charge in [0.2, 0.25) is 0 Å². The Morgan fingerprint density at radius 3 is 2.26 bits per heavy atom. The van der Waals surface area contributed by atoms with Crippen molar-refractivity contribution in [2.24, 2.45) is 17.8 Å². The second kappa shape index (κ2) is 6.84. The summed E-state index contributed by atoms with van der Waals surface area (Å²) < 4.78 is 10.7. The van der Waals surface area contributed by atoms with Crippen LogP contribution in [0.3, 0.4) is 0 Å². The first-order valence-corrected chi connectivity index (χ1v) is 10.0. The molecule has 0 radical (unpaired) electrons. The summed E-state index contributed by atoms with van der Waals surface area (Å²) in [6.45, 7) is 3.56. The first-order valence-electron chi connectivity index (χ1n) is 10.0. The van der Waals surface area contributed by atoms with Gasteiger partial charge in [-0.15, -0.1) is 0 Å². The number of carbonyl (C=O) groups is 2. The fourth-order valence-electron chi connectivity index (χ4n) is 5.86. The maximum Gasteiger partial charge on any atom is 0.339 e. The normalized spacial score (nSPS) is 32.0. The Hall–Kier alpha value is -2.04. The van der Waals surface area contributed by atoms with Gasteiger partial charge in [0.25, 0.3) is 5.91 Å². The number of esters is 1. The van der Waals surface area contributed by atoms with Gasteiger partial charge in [-0.1, -0.05) is 6.07 Å². The molecule has 4 fully saturated rings. The lowest BCUT2D eigenvalue weighted by atomic mass is 9.53.